The lowest BCUT2D eigenvalue weighted by Crippen LogP contribution is -2.26. The van der Waals surface area contributed by atoms with Gasteiger partial charge in [-0.1, -0.05) is 20.8 Å². The predicted octanol–water partition coefficient (Wildman–Crippen LogP) is 5.63. The summed E-state index contributed by atoms with van der Waals surface area (Å²) >= 11 is 1.50. The van der Waals surface area contributed by atoms with Gasteiger partial charge in [-0.25, -0.2) is 4.79 Å². The molecule has 2 aromatic heterocycles. The summed E-state index contributed by atoms with van der Waals surface area (Å²) in [5.41, 5.74) is 1.77. The zero-order valence-corrected chi connectivity index (χ0v) is 18.6. The van der Waals surface area contributed by atoms with Gasteiger partial charge in [0.2, 0.25) is 5.91 Å². The van der Waals surface area contributed by atoms with Gasteiger partial charge in [-0.15, -0.1) is 11.3 Å². The Morgan fingerprint density at radius 3 is 2.72 bits per heavy atom. The average molecular weight is 416 g/mol. The fraction of sp³-hybridized carbons (Fsp3) is 0.478. The molecule has 1 unspecified atom stereocenters. The van der Waals surface area contributed by atoms with Crippen LogP contribution in [-0.4, -0.2) is 18.5 Å². The van der Waals surface area contributed by atoms with Crippen molar-refractivity contribution in [3.63, 3.8) is 0 Å². The van der Waals surface area contributed by atoms with Crippen molar-refractivity contribution in [2.24, 2.45) is 11.3 Å². The molecule has 2 heterocycles. The molecule has 1 aliphatic rings. The molecule has 0 bridgehead atoms. The second-order valence-corrected chi connectivity index (χ2v) is 9.61. The molecule has 29 heavy (non-hydrogen) atoms. The lowest BCUT2D eigenvalue weighted by Gasteiger charge is -2.33. The van der Waals surface area contributed by atoms with Crippen molar-refractivity contribution < 1.29 is 18.7 Å². The zero-order chi connectivity index (χ0) is 21.2. The number of hydrogen-bond donors (Lipinski definition) is 1. The van der Waals surface area contributed by atoms with E-state index in [1.54, 1.807) is 19.1 Å². The van der Waals surface area contributed by atoms with Crippen LogP contribution in [0, 0.1) is 18.3 Å². The summed E-state index contributed by atoms with van der Waals surface area (Å²) in [4.78, 5) is 26.3. The van der Waals surface area contributed by atoms with E-state index >= 15 is 0 Å². The first-order valence-corrected chi connectivity index (χ1v) is 10.9. The molecule has 0 spiro atoms. The van der Waals surface area contributed by atoms with Gasteiger partial charge in [0.05, 0.1) is 12.2 Å². The molecule has 0 aliphatic heterocycles. The fourth-order valence-corrected chi connectivity index (χ4v) is 5.01. The number of esters is 1. The second kappa shape index (κ2) is 8.57. The van der Waals surface area contributed by atoms with E-state index in [-0.39, 0.29) is 17.3 Å². The summed E-state index contributed by atoms with van der Waals surface area (Å²) < 4.78 is 10.7. The van der Waals surface area contributed by atoms with E-state index in [0.29, 0.717) is 28.8 Å². The van der Waals surface area contributed by atoms with Gasteiger partial charge in [0.15, 0.2) is 0 Å². The van der Waals surface area contributed by atoms with E-state index in [9.17, 15) is 9.59 Å². The van der Waals surface area contributed by atoms with Gasteiger partial charge in [-0.05, 0) is 68.2 Å². The van der Waals surface area contributed by atoms with Crippen LogP contribution >= 0.6 is 11.3 Å². The molecule has 0 fully saturated rings. The van der Waals surface area contributed by atoms with Crippen molar-refractivity contribution in [3.05, 3.63) is 45.7 Å². The number of carbonyl (C=O) groups is 2. The van der Waals surface area contributed by atoms with Gasteiger partial charge in [0.25, 0.3) is 0 Å². The highest BCUT2D eigenvalue weighted by molar-refractivity contribution is 7.17. The van der Waals surface area contributed by atoms with E-state index < -0.39 is 0 Å². The molecule has 0 saturated carbocycles. The Labute approximate surface area is 176 Å². The van der Waals surface area contributed by atoms with Crippen molar-refractivity contribution in [2.75, 3.05) is 11.9 Å². The molecule has 0 aromatic carbocycles. The van der Waals surface area contributed by atoms with Crippen molar-refractivity contribution in [1.82, 2.24) is 0 Å². The van der Waals surface area contributed by atoms with Crippen LogP contribution in [0.3, 0.4) is 0 Å². The molecule has 6 heteroatoms. The normalized spacial score (nSPS) is 16.7. The first-order chi connectivity index (χ1) is 13.7. The van der Waals surface area contributed by atoms with Crippen LogP contribution in [0.1, 0.15) is 66.4 Å². The van der Waals surface area contributed by atoms with E-state index in [0.717, 1.165) is 30.6 Å². The Morgan fingerprint density at radius 1 is 1.34 bits per heavy atom. The molecule has 3 rings (SSSR count). The van der Waals surface area contributed by atoms with E-state index in [1.165, 1.54) is 22.3 Å². The minimum atomic E-state index is -0.361. The van der Waals surface area contributed by atoms with Crippen molar-refractivity contribution >= 4 is 34.3 Å². The molecule has 156 valence electrons. The van der Waals surface area contributed by atoms with Crippen LogP contribution in [0.4, 0.5) is 5.00 Å². The van der Waals surface area contributed by atoms with Crippen LogP contribution < -0.4 is 5.32 Å². The molecule has 1 N–H and O–H groups in total. The smallest absolute Gasteiger partial charge is 0.341 e. The molecule has 1 atom stereocenters. The van der Waals surface area contributed by atoms with Crippen LogP contribution in [0.5, 0.6) is 0 Å². The van der Waals surface area contributed by atoms with Crippen LogP contribution in [0.15, 0.2) is 22.6 Å². The van der Waals surface area contributed by atoms with Gasteiger partial charge in [0.1, 0.15) is 16.5 Å². The maximum atomic E-state index is 12.6. The number of hydrogen-bond acceptors (Lipinski definition) is 5. The summed E-state index contributed by atoms with van der Waals surface area (Å²) in [6, 6.07) is 3.65. The molecule has 1 aliphatic carbocycles. The number of thiophene rings is 1. The fourth-order valence-electron chi connectivity index (χ4n) is 3.69. The second-order valence-electron chi connectivity index (χ2n) is 8.51. The number of ether oxygens (including phenoxy) is 1. The van der Waals surface area contributed by atoms with E-state index in [4.69, 9.17) is 9.15 Å². The molecule has 1 amide bonds. The Bertz CT molecular complexity index is 929. The van der Waals surface area contributed by atoms with Gasteiger partial charge in [0, 0.05) is 11.0 Å². The van der Waals surface area contributed by atoms with Gasteiger partial charge < -0.3 is 14.5 Å². The topological polar surface area (TPSA) is 68.5 Å². The Balaban J connectivity index is 1.85. The summed E-state index contributed by atoms with van der Waals surface area (Å²) in [5, 5.41) is 3.47. The minimum absolute atomic E-state index is 0.207. The largest absolute Gasteiger partial charge is 0.462 e. The Kier molecular flexibility index (Phi) is 6.32. The third-order valence-electron chi connectivity index (χ3n) is 5.37. The number of amides is 1. The number of anilines is 1. The Morgan fingerprint density at radius 2 is 2.10 bits per heavy atom. The van der Waals surface area contributed by atoms with Crippen LogP contribution in [-0.2, 0) is 22.4 Å². The number of aryl methyl sites for hydroxylation is 1. The molecule has 0 radical (unpaired) electrons. The highest BCUT2D eigenvalue weighted by atomic mass is 32.1. The number of furan rings is 1. The number of nitrogens with one attached hydrogen (secondary N) is 1. The average Bonchev–Trinajstić information content (AvgIpc) is 3.21. The van der Waals surface area contributed by atoms with Gasteiger partial charge in [-0.3, -0.25) is 4.79 Å². The standard InChI is InChI=1S/C23H29NO4S/c1-6-27-22(26)20-17-11-8-15(23(3,4)5)13-18(17)29-21(20)24-19(25)12-10-16-9-7-14(2)28-16/h7,9-10,12,15H,6,8,11,13H2,1-5H3,(H,24,25). The predicted molar refractivity (Wildman–Crippen MR) is 116 cm³/mol. The third kappa shape index (κ3) is 4.99. The molecule has 0 saturated heterocycles. The zero-order valence-electron chi connectivity index (χ0n) is 17.8. The lowest BCUT2D eigenvalue weighted by atomic mass is 9.72. The maximum absolute atomic E-state index is 12.6. The first kappa shape index (κ1) is 21.4. The highest BCUT2D eigenvalue weighted by Crippen LogP contribution is 2.44. The highest BCUT2D eigenvalue weighted by Gasteiger charge is 2.34. The van der Waals surface area contributed by atoms with Gasteiger partial charge in [-0.2, -0.15) is 0 Å². The van der Waals surface area contributed by atoms with Crippen molar-refractivity contribution in [2.45, 2.75) is 53.9 Å². The molecular weight excluding hydrogens is 386 g/mol. The van der Waals surface area contributed by atoms with Crippen LogP contribution in [0.25, 0.3) is 6.08 Å². The third-order valence-corrected chi connectivity index (χ3v) is 6.54. The first-order valence-electron chi connectivity index (χ1n) is 10.1. The molecular formula is C23H29NO4S. The van der Waals surface area contributed by atoms with Gasteiger partial charge >= 0.3 is 5.97 Å². The monoisotopic (exact) mass is 415 g/mol. The van der Waals surface area contributed by atoms with Crippen molar-refractivity contribution in [3.8, 4) is 0 Å². The van der Waals surface area contributed by atoms with E-state index in [2.05, 4.69) is 26.1 Å². The van der Waals surface area contributed by atoms with E-state index in [1.807, 2.05) is 13.0 Å². The summed E-state index contributed by atoms with van der Waals surface area (Å²) in [6.07, 6.45) is 5.83. The number of fused-ring (bicyclic) bond motifs is 1. The van der Waals surface area contributed by atoms with Crippen molar-refractivity contribution in [1.29, 1.82) is 0 Å². The maximum Gasteiger partial charge on any atom is 0.341 e. The quantitative estimate of drug-likeness (QED) is 0.508. The molecule has 2 aromatic rings. The van der Waals surface area contributed by atoms with Crippen LogP contribution in [0.2, 0.25) is 0 Å². The summed E-state index contributed by atoms with van der Waals surface area (Å²) in [5.74, 6) is 1.29. The number of carbonyl (C=O) groups excluding carboxylic acids is 2. The summed E-state index contributed by atoms with van der Waals surface area (Å²) in [7, 11) is 0. The minimum Gasteiger partial charge on any atom is -0.462 e. The Hall–Kier alpha value is -2.34. The lowest BCUT2D eigenvalue weighted by molar-refractivity contribution is -0.111. The molecule has 5 nitrogen and oxygen atoms in total. The SMILES string of the molecule is CCOC(=O)c1c(NC(=O)C=Cc2ccc(C)o2)sc2c1CCC(C(C)(C)C)C2. The number of rotatable bonds is 5. The summed E-state index contributed by atoms with van der Waals surface area (Å²) in [6.45, 7) is 10.7.